The SMILES string of the molecule is CCSC(=O)/C=C/c1ccc(OS(=O)(=O)c2ccc(C)cc2)cc1. The summed E-state index contributed by atoms with van der Waals surface area (Å²) in [6.45, 7) is 3.80. The van der Waals surface area contributed by atoms with Gasteiger partial charge in [0.2, 0.25) is 5.12 Å². The summed E-state index contributed by atoms with van der Waals surface area (Å²) in [6.07, 6.45) is 3.18. The van der Waals surface area contributed by atoms with Gasteiger partial charge in [0.05, 0.1) is 0 Å². The molecule has 0 unspecified atom stereocenters. The molecule has 0 radical (unpaired) electrons. The van der Waals surface area contributed by atoms with Crippen LogP contribution in [-0.2, 0) is 14.9 Å². The number of rotatable bonds is 6. The Morgan fingerprint density at radius 1 is 1.08 bits per heavy atom. The maximum absolute atomic E-state index is 12.2. The number of hydrogen-bond acceptors (Lipinski definition) is 5. The Morgan fingerprint density at radius 2 is 1.71 bits per heavy atom. The molecular formula is C18H18O4S2. The predicted octanol–water partition coefficient (Wildman–Crippen LogP) is 4.06. The fraction of sp³-hybridized carbons (Fsp3) is 0.167. The number of carbonyl (C=O) groups is 1. The van der Waals surface area contributed by atoms with E-state index in [1.807, 2.05) is 13.8 Å². The van der Waals surface area contributed by atoms with E-state index in [4.69, 9.17) is 4.18 Å². The highest BCUT2D eigenvalue weighted by atomic mass is 32.2. The van der Waals surface area contributed by atoms with E-state index in [0.29, 0.717) is 0 Å². The van der Waals surface area contributed by atoms with E-state index >= 15 is 0 Å². The molecule has 0 N–H and O–H groups in total. The third-order valence-corrected chi connectivity index (χ3v) is 5.06. The molecule has 0 saturated carbocycles. The predicted molar refractivity (Wildman–Crippen MR) is 97.6 cm³/mol. The van der Waals surface area contributed by atoms with Crippen molar-refractivity contribution >= 4 is 33.1 Å². The molecule has 0 amide bonds. The molecule has 0 saturated heterocycles. The van der Waals surface area contributed by atoms with E-state index in [1.54, 1.807) is 42.5 Å². The van der Waals surface area contributed by atoms with Gasteiger partial charge >= 0.3 is 10.1 Å². The van der Waals surface area contributed by atoms with Gasteiger partial charge in [-0.1, -0.05) is 54.6 Å². The molecule has 24 heavy (non-hydrogen) atoms. The zero-order chi connectivity index (χ0) is 17.6. The minimum Gasteiger partial charge on any atom is -0.379 e. The van der Waals surface area contributed by atoms with Gasteiger partial charge in [0.1, 0.15) is 10.6 Å². The summed E-state index contributed by atoms with van der Waals surface area (Å²) in [5.74, 6) is 0.953. The Balaban J connectivity index is 2.08. The molecule has 4 nitrogen and oxygen atoms in total. The topological polar surface area (TPSA) is 60.4 Å². The summed E-state index contributed by atoms with van der Waals surface area (Å²) in [4.78, 5) is 11.5. The molecule has 6 heteroatoms. The monoisotopic (exact) mass is 362 g/mol. The summed E-state index contributed by atoms with van der Waals surface area (Å²) in [5.41, 5.74) is 1.76. The van der Waals surface area contributed by atoms with Crippen molar-refractivity contribution in [3.63, 3.8) is 0 Å². The van der Waals surface area contributed by atoms with Crippen molar-refractivity contribution in [2.24, 2.45) is 0 Å². The summed E-state index contributed by atoms with van der Waals surface area (Å²) >= 11 is 1.23. The van der Waals surface area contributed by atoms with Gasteiger partial charge in [-0.05, 0) is 48.6 Å². The van der Waals surface area contributed by atoms with Crippen LogP contribution in [0.4, 0.5) is 0 Å². The van der Waals surface area contributed by atoms with E-state index in [1.165, 1.54) is 30.0 Å². The summed E-state index contributed by atoms with van der Waals surface area (Å²) in [7, 11) is -3.85. The van der Waals surface area contributed by atoms with Crippen LogP contribution in [0.2, 0.25) is 0 Å². The molecule has 2 aromatic carbocycles. The van der Waals surface area contributed by atoms with Crippen LogP contribution in [0.25, 0.3) is 6.08 Å². The molecule has 0 aliphatic rings. The number of hydrogen-bond donors (Lipinski definition) is 0. The Hall–Kier alpha value is -2.05. The first kappa shape index (κ1) is 18.3. The van der Waals surface area contributed by atoms with Crippen molar-refractivity contribution in [2.45, 2.75) is 18.7 Å². The Morgan fingerprint density at radius 3 is 2.29 bits per heavy atom. The molecule has 0 aliphatic carbocycles. The van der Waals surface area contributed by atoms with Crippen molar-refractivity contribution in [1.82, 2.24) is 0 Å². The molecule has 0 atom stereocenters. The maximum Gasteiger partial charge on any atom is 0.339 e. The Labute approximate surface area is 146 Å². The number of thioether (sulfide) groups is 1. The molecule has 0 aromatic heterocycles. The molecule has 0 bridgehead atoms. The molecule has 2 aromatic rings. The minimum atomic E-state index is -3.85. The number of benzene rings is 2. The average molecular weight is 362 g/mol. The van der Waals surface area contributed by atoms with Gasteiger partial charge in [0.15, 0.2) is 0 Å². The van der Waals surface area contributed by atoms with Crippen LogP contribution >= 0.6 is 11.8 Å². The van der Waals surface area contributed by atoms with Crippen molar-refractivity contribution in [1.29, 1.82) is 0 Å². The fourth-order valence-electron chi connectivity index (χ4n) is 1.87. The smallest absolute Gasteiger partial charge is 0.339 e. The molecular weight excluding hydrogens is 344 g/mol. The van der Waals surface area contributed by atoms with Gasteiger partial charge < -0.3 is 4.18 Å². The van der Waals surface area contributed by atoms with E-state index in [0.717, 1.165) is 16.9 Å². The second-order valence-electron chi connectivity index (χ2n) is 5.00. The highest BCUT2D eigenvalue weighted by Crippen LogP contribution is 2.20. The van der Waals surface area contributed by atoms with Gasteiger partial charge in [-0.2, -0.15) is 8.42 Å². The van der Waals surface area contributed by atoms with Crippen LogP contribution in [-0.4, -0.2) is 19.3 Å². The van der Waals surface area contributed by atoms with Gasteiger partial charge in [-0.3, -0.25) is 4.79 Å². The first-order valence-electron chi connectivity index (χ1n) is 7.37. The van der Waals surface area contributed by atoms with Crippen LogP contribution in [0.3, 0.4) is 0 Å². The lowest BCUT2D eigenvalue weighted by molar-refractivity contribution is -0.106. The zero-order valence-electron chi connectivity index (χ0n) is 13.4. The lowest BCUT2D eigenvalue weighted by Gasteiger charge is -2.07. The molecule has 2 rings (SSSR count). The van der Waals surface area contributed by atoms with E-state index in [2.05, 4.69) is 0 Å². The van der Waals surface area contributed by atoms with E-state index in [-0.39, 0.29) is 15.8 Å². The quantitative estimate of drug-likeness (QED) is 0.573. The average Bonchev–Trinajstić information content (AvgIpc) is 2.54. The van der Waals surface area contributed by atoms with Gasteiger partial charge in [-0.15, -0.1) is 0 Å². The lowest BCUT2D eigenvalue weighted by Crippen LogP contribution is -2.09. The van der Waals surface area contributed by atoms with Crippen LogP contribution in [0.5, 0.6) is 5.75 Å². The van der Waals surface area contributed by atoms with Gasteiger partial charge in [-0.25, -0.2) is 0 Å². The second-order valence-corrected chi connectivity index (χ2v) is 7.82. The molecule has 0 spiro atoms. The normalized spacial score (nSPS) is 11.6. The largest absolute Gasteiger partial charge is 0.379 e. The molecule has 0 fully saturated rings. The summed E-state index contributed by atoms with van der Waals surface area (Å²) in [6, 6.07) is 13.0. The zero-order valence-corrected chi connectivity index (χ0v) is 15.1. The first-order chi connectivity index (χ1) is 11.4. The van der Waals surface area contributed by atoms with Crippen molar-refractivity contribution in [3.05, 3.63) is 65.7 Å². The third-order valence-electron chi connectivity index (χ3n) is 3.09. The standard InChI is InChI=1S/C18H18O4S2/c1-3-23-18(19)13-8-15-6-9-16(10-7-15)22-24(20,21)17-11-4-14(2)5-12-17/h4-13H,3H2,1-2H3/b13-8+. The fourth-order valence-corrected chi connectivity index (χ4v) is 3.25. The summed E-state index contributed by atoms with van der Waals surface area (Å²) in [5, 5.41) is -0.0141. The number of aryl methyl sites for hydroxylation is 1. The van der Waals surface area contributed by atoms with Crippen LogP contribution in [0.15, 0.2) is 59.5 Å². The highest BCUT2D eigenvalue weighted by molar-refractivity contribution is 8.14. The van der Waals surface area contributed by atoms with Crippen LogP contribution in [0, 0.1) is 6.92 Å². The molecule has 0 heterocycles. The second kappa shape index (κ2) is 8.17. The van der Waals surface area contributed by atoms with Crippen molar-refractivity contribution in [2.75, 3.05) is 5.75 Å². The Kier molecular flexibility index (Phi) is 6.23. The van der Waals surface area contributed by atoms with Crippen LogP contribution in [0.1, 0.15) is 18.1 Å². The minimum absolute atomic E-state index is 0.0141. The van der Waals surface area contributed by atoms with E-state index in [9.17, 15) is 13.2 Å². The first-order valence-corrected chi connectivity index (χ1v) is 9.76. The van der Waals surface area contributed by atoms with Crippen molar-refractivity contribution < 1.29 is 17.4 Å². The van der Waals surface area contributed by atoms with Crippen molar-refractivity contribution in [3.8, 4) is 5.75 Å². The van der Waals surface area contributed by atoms with Crippen LogP contribution < -0.4 is 4.18 Å². The van der Waals surface area contributed by atoms with Gasteiger partial charge in [0, 0.05) is 0 Å². The lowest BCUT2D eigenvalue weighted by atomic mass is 10.2. The Bertz CT molecular complexity index is 820. The maximum atomic E-state index is 12.2. The molecule has 0 aliphatic heterocycles. The molecule has 126 valence electrons. The number of carbonyl (C=O) groups excluding carboxylic acids is 1. The third kappa shape index (κ3) is 5.25. The summed E-state index contributed by atoms with van der Waals surface area (Å²) < 4.78 is 29.5. The van der Waals surface area contributed by atoms with Gasteiger partial charge in [0.25, 0.3) is 0 Å². The van der Waals surface area contributed by atoms with E-state index < -0.39 is 10.1 Å². The highest BCUT2D eigenvalue weighted by Gasteiger charge is 2.16.